The van der Waals surface area contributed by atoms with Crippen molar-refractivity contribution in [2.75, 3.05) is 0 Å². The number of benzene rings is 1. The fraction of sp³-hybridized carbons (Fsp3) is 0.500. The van der Waals surface area contributed by atoms with E-state index in [1.165, 1.54) is 0 Å². The Hall–Kier alpha value is -0.630. The molecule has 0 aliphatic carbocycles. The van der Waals surface area contributed by atoms with Crippen molar-refractivity contribution in [3.8, 4) is 0 Å². The number of rotatable bonds is 2. The molecular formula is C14H19BrO. The summed E-state index contributed by atoms with van der Waals surface area (Å²) < 4.78 is 1.04. The Morgan fingerprint density at radius 1 is 1.19 bits per heavy atom. The number of hydrogen-bond donors (Lipinski definition) is 0. The minimum absolute atomic E-state index is 0.0447. The zero-order valence-electron chi connectivity index (χ0n) is 10.6. The lowest BCUT2D eigenvalue weighted by atomic mass is 9.85. The molecule has 0 aliphatic heterocycles. The van der Waals surface area contributed by atoms with Crippen LogP contribution in [0.1, 0.15) is 48.7 Å². The quantitative estimate of drug-likeness (QED) is 0.720. The van der Waals surface area contributed by atoms with Crippen molar-refractivity contribution in [2.45, 2.75) is 41.0 Å². The molecule has 0 heterocycles. The molecule has 0 unspecified atom stereocenters. The van der Waals surface area contributed by atoms with Gasteiger partial charge in [-0.2, -0.15) is 0 Å². The predicted octanol–water partition coefficient (Wildman–Crippen LogP) is 4.68. The first kappa shape index (κ1) is 13.4. The molecule has 0 N–H and O–H groups in total. The Morgan fingerprint density at radius 3 is 2.00 bits per heavy atom. The number of halogens is 1. The van der Waals surface area contributed by atoms with Crippen LogP contribution in [0.5, 0.6) is 0 Å². The third-order valence-corrected chi connectivity index (χ3v) is 2.93. The highest BCUT2D eigenvalue weighted by molar-refractivity contribution is 9.10. The topological polar surface area (TPSA) is 17.1 Å². The lowest BCUT2D eigenvalue weighted by Gasteiger charge is -2.18. The highest BCUT2D eigenvalue weighted by Crippen LogP contribution is 2.26. The average Bonchev–Trinajstić information content (AvgIpc) is 1.96. The summed E-state index contributed by atoms with van der Waals surface area (Å²) in [5.74, 6) is 0.245. The lowest BCUT2D eigenvalue weighted by molar-refractivity contribution is 0.0938. The molecule has 1 rings (SSSR count). The monoisotopic (exact) mass is 282 g/mol. The molecule has 88 valence electrons. The highest BCUT2D eigenvalue weighted by Gasteiger charge is 2.20. The van der Waals surface area contributed by atoms with Gasteiger partial charge in [0.2, 0.25) is 0 Å². The van der Waals surface area contributed by atoms with E-state index in [2.05, 4.69) is 36.7 Å². The van der Waals surface area contributed by atoms with Gasteiger partial charge in [0, 0.05) is 16.5 Å². The van der Waals surface area contributed by atoms with Crippen molar-refractivity contribution in [1.82, 2.24) is 0 Å². The Balaban J connectivity index is 3.10. The smallest absolute Gasteiger partial charge is 0.163 e. The van der Waals surface area contributed by atoms with Crippen LogP contribution in [0.25, 0.3) is 0 Å². The average molecular weight is 283 g/mol. The van der Waals surface area contributed by atoms with Crippen molar-refractivity contribution < 1.29 is 4.79 Å². The summed E-state index contributed by atoms with van der Waals surface area (Å²) in [5, 5.41) is 0. The molecule has 0 aliphatic rings. The van der Waals surface area contributed by atoms with Gasteiger partial charge in [-0.1, -0.05) is 36.7 Å². The van der Waals surface area contributed by atoms with Crippen molar-refractivity contribution >= 4 is 21.7 Å². The Labute approximate surface area is 106 Å². The Morgan fingerprint density at radius 2 is 1.62 bits per heavy atom. The normalized spacial score (nSPS) is 11.6. The number of carbonyl (C=O) groups is 1. The van der Waals surface area contributed by atoms with Gasteiger partial charge in [-0.05, 0) is 42.5 Å². The summed E-state index contributed by atoms with van der Waals surface area (Å²) in [6, 6.07) is 4.01. The highest BCUT2D eigenvalue weighted by atomic mass is 79.9. The molecule has 1 aromatic rings. The van der Waals surface area contributed by atoms with Gasteiger partial charge in [0.05, 0.1) is 0 Å². The number of carbonyl (C=O) groups excluding carboxylic acids is 1. The van der Waals surface area contributed by atoms with E-state index in [0.717, 1.165) is 21.2 Å². The van der Waals surface area contributed by atoms with Crippen LogP contribution in [0.3, 0.4) is 0 Å². The molecule has 0 atom stereocenters. The van der Waals surface area contributed by atoms with Crippen LogP contribution in [0, 0.1) is 19.3 Å². The van der Waals surface area contributed by atoms with E-state index in [-0.39, 0.29) is 11.2 Å². The summed E-state index contributed by atoms with van der Waals surface area (Å²) in [6.07, 6.45) is 0.594. The molecule has 0 bridgehead atoms. The minimum Gasteiger partial charge on any atom is -0.294 e. The summed E-state index contributed by atoms with van der Waals surface area (Å²) >= 11 is 3.45. The van der Waals surface area contributed by atoms with Gasteiger partial charge < -0.3 is 0 Å². The second kappa shape index (κ2) is 4.70. The van der Waals surface area contributed by atoms with Gasteiger partial charge in [0.25, 0.3) is 0 Å². The van der Waals surface area contributed by atoms with Crippen LogP contribution in [0.15, 0.2) is 16.6 Å². The predicted molar refractivity (Wildman–Crippen MR) is 72.0 cm³/mol. The van der Waals surface area contributed by atoms with E-state index in [9.17, 15) is 4.79 Å². The van der Waals surface area contributed by atoms with Crippen molar-refractivity contribution in [2.24, 2.45) is 5.41 Å². The third kappa shape index (κ3) is 3.44. The number of Topliss-reactive ketones (excluding diaryl/α,β-unsaturated/α-hetero) is 1. The Bertz CT molecular complexity index is 390. The van der Waals surface area contributed by atoms with Crippen molar-refractivity contribution in [3.63, 3.8) is 0 Å². The molecule has 16 heavy (non-hydrogen) atoms. The van der Waals surface area contributed by atoms with Gasteiger partial charge in [-0.3, -0.25) is 4.79 Å². The SMILES string of the molecule is Cc1cc(Br)cc(C)c1C(=O)CC(C)(C)C. The molecule has 1 nitrogen and oxygen atoms in total. The van der Waals surface area contributed by atoms with Gasteiger partial charge in [-0.25, -0.2) is 0 Å². The van der Waals surface area contributed by atoms with E-state index in [1.807, 2.05) is 26.0 Å². The summed E-state index contributed by atoms with van der Waals surface area (Å²) in [7, 11) is 0. The summed E-state index contributed by atoms with van der Waals surface area (Å²) in [6.45, 7) is 10.3. The zero-order valence-corrected chi connectivity index (χ0v) is 12.2. The maximum atomic E-state index is 12.2. The molecular weight excluding hydrogens is 264 g/mol. The molecule has 1 aromatic carbocycles. The van der Waals surface area contributed by atoms with Crippen molar-refractivity contribution in [1.29, 1.82) is 0 Å². The van der Waals surface area contributed by atoms with E-state index < -0.39 is 0 Å². The van der Waals surface area contributed by atoms with E-state index in [1.54, 1.807) is 0 Å². The van der Waals surface area contributed by atoms with Crippen LogP contribution in [-0.2, 0) is 0 Å². The Kier molecular flexibility index (Phi) is 3.95. The van der Waals surface area contributed by atoms with Gasteiger partial charge in [0.15, 0.2) is 5.78 Å². The van der Waals surface area contributed by atoms with Gasteiger partial charge in [0.1, 0.15) is 0 Å². The number of hydrogen-bond acceptors (Lipinski definition) is 1. The maximum Gasteiger partial charge on any atom is 0.163 e. The van der Waals surface area contributed by atoms with Crippen LogP contribution in [-0.4, -0.2) is 5.78 Å². The molecule has 2 heteroatoms. The standard InChI is InChI=1S/C14H19BrO/c1-9-6-11(15)7-10(2)13(9)12(16)8-14(3,4)5/h6-7H,8H2,1-5H3. The third-order valence-electron chi connectivity index (χ3n) is 2.47. The molecule has 0 saturated heterocycles. The lowest BCUT2D eigenvalue weighted by Crippen LogP contribution is -2.15. The maximum absolute atomic E-state index is 12.2. The van der Waals surface area contributed by atoms with Crippen molar-refractivity contribution in [3.05, 3.63) is 33.3 Å². The van der Waals surface area contributed by atoms with Crippen LogP contribution < -0.4 is 0 Å². The summed E-state index contributed by atoms with van der Waals surface area (Å²) in [4.78, 5) is 12.2. The molecule has 0 radical (unpaired) electrons. The number of ketones is 1. The fourth-order valence-corrected chi connectivity index (χ4v) is 2.61. The molecule has 0 amide bonds. The van der Waals surface area contributed by atoms with Crippen LogP contribution >= 0.6 is 15.9 Å². The van der Waals surface area contributed by atoms with Crippen LogP contribution in [0.4, 0.5) is 0 Å². The molecule has 0 aromatic heterocycles. The van der Waals surface area contributed by atoms with Crippen LogP contribution in [0.2, 0.25) is 0 Å². The van der Waals surface area contributed by atoms with E-state index in [0.29, 0.717) is 6.42 Å². The van der Waals surface area contributed by atoms with E-state index >= 15 is 0 Å². The van der Waals surface area contributed by atoms with Gasteiger partial charge >= 0.3 is 0 Å². The second-order valence-electron chi connectivity index (χ2n) is 5.58. The first-order valence-corrected chi connectivity index (χ1v) is 6.30. The molecule has 0 fully saturated rings. The van der Waals surface area contributed by atoms with E-state index in [4.69, 9.17) is 0 Å². The largest absolute Gasteiger partial charge is 0.294 e. The fourth-order valence-electron chi connectivity index (χ4n) is 1.92. The van der Waals surface area contributed by atoms with Gasteiger partial charge in [-0.15, -0.1) is 0 Å². The first-order valence-electron chi connectivity index (χ1n) is 5.50. The minimum atomic E-state index is 0.0447. The molecule has 0 saturated carbocycles. The first-order chi connectivity index (χ1) is 7.20. The zero-order chi connectivity index (χ0) is 12.5. The second-order valence-corrected chi connectivity index (χ2v) is 6.49. The number of aryl methyl sites for hydroxylation is 2. The summed E-state index contributed by atoms with van der Waals surface area (Å²) in [5.41, 5.74) is 3.05. The molecule has 0 spiro atoms.